The molecule has 0 aromatic heterocycles. The van der Waals surface area contributed by atoms with Gasteiger partial charge in [-0.2, -0.15) is 0 Å². The van der Waals surface area contributed by atoms with Crippen molar-refractivity contribution in [3.8, 4) is 0 Å². The lowest BCUT2D eigenvalue weighted by atomic mass is 10.1. The Morgan fingerprint density at radius 3 is 2.64 bits per heavy atom. The fourth-order valence-electron chi connectivity index (χ4n) is 1.01. The van der Waals surface area contributed by atoms with E-state index < -0.39 is 0 Å². The lowest BCUT2D eigenvalue weighted by Crippen LogP contribution is -1.86. The maximum Gasteiger partial charge on any atom is 0.151 e. The molecular weight excluding hydrogens is 239 g/mol. The van der Waals surface area contributed by atoms with Gasteiger partial charge in [-0.3, -0.25) is 4.79 Å². The normalized spacial score (nSPS) is 11.5. The van der Waals surface area contributed by atoms with E-state index in [1.807, 2.05) is 6.26 Å². The van der Waals surface area contributed by atoms with E-state index in [4.69, 9.17) is 23.2 Å². The van der Waals surface area contributed by atoms with E-state index >= 15 is 0 Å². The maximum absolute atomic E-state index is 10.8. The van der Waals surface area contributed by atoms with Crippen molar-refractivity contribution in [1.82, 2.24) is 0 Å². The largest absolute Gasteiger partial charge is 0.298 e. The van der Waals surface area contributed by atoms with Gasteiger partial charge in [0.25, 0.3) is 0 Å². The quantitative estimate of drug-likeness (QED) is 0.595. The Morgan fingerprint density at radius 2 is 2.14 bits per heavy atom. The van der Waals surface area contributed by atoms with Crippen LogP contribution < -0.4 is 0 Å². The van der Waals surface area contributed by atoms with Gasteiger partial charge in [0.15, 0.2) is 6.29 Å². The third-order valence-corrected chi connectivity index (χ3v) is 2.65. The van der Waals surface area contributed by atoms with E-state index in [2.05, 4.69) is 0 Å². The second kappa shape index (κ2) is 5.44. The van der Waals surface area contributed by atoms with Crippen LogP contribution in [0, 0.1) is 0 Å². The number of benzene rings is 1. The number of carbonyl (C=O) groups excluding carboxylic acids is 1. The zero-order valence-electron chi connectivity index (χ0n) is 7.46. The van der Waals surface area contributed by atoms with Crippen molar-refractivity contribution in [1.29, 1.82) is 0 Å². The summed E-state index contributed by atoms with van der Waals surface area (Å²) in [7, 11) is 0. The lowest BCUT2D eigenvalue weighted by Gasteiger charge is -2.03. The van der Waals surface area contributed by atoms with Crippen LogP contribution in [0.2, 0.25) is 10.0 Å². The first-order chi connectivity index (χ1) is 6.69. The van der Waals surface area contributed by atoms with Gasteiger partial charge in [0.2, 0.25) is 0 Å². The molecular formula is C10H8Cl2OS. The smallest absolute Gasteiger partial charge is 0.151 e. The van der Waals surface area contributed by atoms with Gasteiger partial charge in [0.1, 0.15) is 0 Å². The van der Waals surface area contributed by atoms with E-state index in [9.17, 15) is 4.79 Å². The molecule has 1 nitrogen and oxygen atoms in total. The van der Waals surface area contributed by atoms with Crippen molar-refractivity contribution in [3.05, 3.63) is 39.2 Å². The molecule has 0 fully saturated rings. The van der Waals surface area contributed by atoms with Gasteiger partial charge >= 0.3 is 0 Å². The van der Waals surface area contributed by atoms with Gasteiger partial charge in [-0.25, -0.2) is 0 Å². The van der Waals surface area contributed by atoms with Crippen LogP contribution in [0.1, 0.15) is 5.56 Å². The summed E-state index contributed by atoms with van der Waals surface area (Å²) in [4.78, 5) is 10.8. The van der Waals surface area contributed by atoms with Gasteiger partial charge < -0.3 is 0 Å². The average molecular weight is 247 g/mol. The number of halogens is 2. The molecule has 0 saturated carbocycles. The zero-order chi connectivity index (χ0) is 10.6. The van der Waals surface area contributed by atoms with Crippen molar-refractivity contribution < 1.29 is 4.79 Å². The Morgan fingerprint density at radius 1 is 1.43 bits per heavy atom. The van der Waals surface area contributed by atoms with Crippen LogP contribution in [0.3, 0.4) is 0 Å². The zero-order valence-corrected chi connectivity index (χ0v) is 9.79. The molecule has 1 rings (SSSR count). The van der Waals surface area contributed by atoms with Crippen molar-refractivity contribution in [2.24, 2.45) is 0 Å². The molecule has 0 saturated heterocycles. The minimum absolute atomic E-state index is 0.491. The van der Waals surface area contributed by atoms with Crippen LogP contribution in [0.25, 0.3) is 5.57 Å². The van der Waals surface area contributed by atoms with Gasteiger partial charge in [0, 0.05) is 16.2 Å². The van der Waals surface area contributed by atoms with Gasteiger partial charge in [-0.1, -0.05) is 29.3 Å². The van der Waals surface area contributed by atoms with Crippen LogP contribution in [-0.2, 0) is 4.79 Å². The highest BCUT2D eigenvalue weighted by Gasteiger charge is 2.05. The molecule has 0 N–H and O–H groups in total. The van der Waals surface area contributed by atoms with E-state index in [0.717, 1.165) is 6.29 Å². The number of allylic oxidation sites excluding steroid dienone is 1. The van der Waals surface area contributed by atoms with Crippen molar-refractivity contribution in [3.63, 3.8) is 0 Å². The second-order valence-electron chi connectivity index (χ2n) is 2.55. The molecule has 0 aliphatic rings. The fraction of sp³-hybridized carbons (Fsp3) is 0.100. The van der Waals surface area contributed by atoms with Crippen molar-refractivity contribution in [2.75, 3.05) is 6.26 Å². The predicted octanol–water partition coefficient (Wildman–Crippen LogP) is 3.90. The summed E-state index contributed by atoms with van der Waals surface area (Å²) in [6.07, 6.45) is 2.67. The highest BCUT2D eigenvalue weighted by atomic mass is 35.5. The molecule has 0 heterocycles. The summed E-state index contributed by atoms with van der Waals surface area (Å²) in [6.45, 7) is 0. The van der Waals surface area contributed by atoms with E-state index in [0.29, 0.717) is 21.2 Å². The van der Waals surface area contributed by atoms with E-state index in [-0.39, 0.29) is 0 Å². The molecule has 0 unspecified atom stereocenters. The molecule has 74 valence electrons. The number of hydrogen-bond acceptors (Lipinski definition) is 2. The summed E-state index contributed by atoms with van der Waals surface area (Å²) in [5.41, 5.74) is 1.28. The first-order valence-corrected chi connectivity index (χ1v) is 5.87. The Hall–Kier alpha value is -0.440. The fourth-order valence-corrected chi connectivity index (χ4v) is 1.96. The Kier molecular flexibility index (Phi) is 4.52. The summed E-state index contributed by atoms with van der Waals surface area (Å²) in [5.74, 6) is 0. The minimum atomic E-state index is 0.491. The second-order valence-corrected chi connectivity index (χ2v) is 4.10. The van der Waals surface area contributed by atoms with Crippen LogP contribution in [0.4, 0.5) is 0 Å². The Balaban J connectivity index is 3.17. The van der Waals surface area contributed by atoms with E-state index in [1.165, 1.54) is 11.8 Å². The number of aldehydes is 1. The molecule has 0 amide bonds. The number of rotatable bonds is 3. The topological polar surface area (TPSA) is 17.1 Å². The molecule has 0 bridgehead atoms. The lowest BCUT2D eigenvalue weighted by molar-refractivity contribution is -0.103. The summed E-state index contributed by atoms with van der Waals surface area (Å²) < 4.78 is 0. The van der Waals surface area contributed by atoms with Crippen LogP contribution in [-0.4, -0.2) is 12.5 Å². The molecule has 14 heavy (non-hydrogen) atoms. The first-order valence-electron chi connectivity index (χ1n) is 3.82. The number of thioether (sulfide) groups is 1. The molecule has 4 heteroatoms. The average Bonchev–Trinajstić information content (AvgIpc) is 2.15. The number of carbonyl (C=O) groups is 1. The monoisotopic (exact) mass is 246 g/mol. The third-order valence-electron chi connectivity index (χ3n) is 1.61. The summed E-state index contributed by atoms with van der Waals surface area (Å²) in [6, 6.07) is 5.07. The van der Waals surface area contributed by atoms with Gasteiger partial charge in [0.05, 0.1) is 5.02 Å². The predicted molar refractivity (Wildman–Crippen MR) is 64.0 cm³/mol. The van der Waals surface area contributed by atoms with Crippen LogP contribution >= 0.6 is 35.0 Å². The molecule has 1 aromatic rings. The van der Waals surface area contributed by atoms with Gasteiger partial charge in [-0.15, -0.1) is 11.8 Å². The summed E-state index contributed by atoms with van der Waals surface area (Å²) >= 11 is 13.1. The molecule has 0 aliphatic heterocycles. The van der Waals surface area contributed by atoms with E-state index in [1.54, 1.807) is 23.6 Å². The van der Waals surface area contributed by atoms with Gasteiger partial charge in [-0.05, 0) is 23.8 Å². The SMILES string of the molecule is CSC=C(C=O)c1ccc(Cl)cc1Cl. The first kappa shape index (κ1) is 11.6. The molecule has 1 aromatic carbocycles. The summed E-state index contributed by atoms with van der Waals surface area (Å²) in [5, 5.41) is 2.81. The third kappa shape index (κ3) is 2.77. The maximum atomic E-state index is 10.8. The minimum Gasteiger partial charge on any atom is -0.298 e. The van der Waals surface area contributed by atoms with Crippen molar-refractivity contribution in [2.45, 2.75) is 0 Å². The van der Waals surface area contributed by atoms with Crippen molar-refractivity contribution >= 4 is 46.8 Å². The molecule has 0 atom stereocenters. The van der Waals surface area contributed by atoms with Crippen LogP contribution in [0.15, 0.2) is 23.6 Å². The number of hydrogen-bond donors (Lipinski definition) is 0. The highest BCUT2D eigenvalue weighted by molar-refractivity contribution is 8.01. The standard InChI is InChI=1S/C10H8Cl2OS/c1-14-6-7(5-13)9-3-2-8(11)4-10(9)12/h2-6H,1H3. The highest BCUT2D eigenvalue weighted by Crippen LogP contribution is 2.27. The van der Waals surface area contributed by atoms with Crippen LogP contribution in [0.5, 0.6) is 0 Å². The Bertz CT molecular complexity index is 374. The molecule has 0 spiro atoms. The molecule has 0 aliphatic carbocycles. The Labute approximate surface area is 97.1 Å². The molecule has 0 radical (unpaired) electrons.